The Morgan fingerprint density at radius 1 is 1.15 bits per heavy atom. The second-order valence-electron chi connectivity index (χ2n) is 5.69. The van der Waals surface area contributed by atoms with E-state index in [2.05, 4.69) is 30.0 Å². The minimum absolute atomic E-state index is 0.0411. The zero-order valence-electron chi connectivity index (χ0n) is 13.1. The molecule has 0 aromatic carbocycles. The third kappa shape index (κ3) is 4.64. The molecule has 3 N–H and O–H groups in total. The second-order valence-corrected chi connectivity index (χ2v) is 5.69. The summed E-state index contributed by atoms with van der Waals surface area (Å²) in [5, 5.41) is 2.74. The van der Waals surface area contributed by atoms with Crippen molar-refractivity contribution in [3.8, 4) is 17.4 Å². The monoisotopic (exact) mass is 376 g/mol. The van der Waals surface area contributed by atoms with Crippen LogP contribution in [0.2, 0.25) is 0 Å². The van der Waals surface area contributed by atoms with Gasteiger partial charge in [-0.2, -0.15) is 15.0 Å². The van der Waals surface area contributed by atoms with E-state index in [9.17, 15) is 22.0 Å². The summed E-state index contributed by atoms with van der Waals surface area (Å²) in [6.45, 7) is 0. The van der Waals surface area contributed by atoms with E-state index in [4.69, 9.17) is 5.73 Å². The smallest absolute Gasteiger partial charge is 0.388 e. The van der Waals surface area contributed by atoms with Crippen LogP contribution in [0.1, 0.15) is 19.3 Å². The van der Waals surface area contributed by atoms with Gasteiger partial charge in [0.25, 0.3) is 0 Å². The molecular formula is C14H13F5N6O. The number of pyridine rings is 1. The van der Waals surface area contributed by atoms with Crippen molar-refractivity contribution in [3.63, 3.8) is 0 Å². The molecule has 140 valence electrons. The number of anilines is 2. The number of halogens is 5. The molecule has 1 saturated carbocycles. The molecule has 1 atom stereocenters. The number of nitrogens with two attached hydrogens (primary N) is 1. The molecule has 2 aromatic heterocycles. The highest BCUT2D eigenvalue weighted by molar-refractivity contribution is 5.53. The van der Waals surface area contributed by atoms with Gasteiger partial charge in [-0.1, -0.05) is 6.07 Å². The molecule has 0 saturated heterocycles. The van der Waals surface area contributed by atoms with Crippen LogP contribution in [0.4, 0.5) is 33.8 Å². The van der Waals surface area contributed by atoms with Crippen LogP contribution in [0.15, 0.2) is 18.2 Å². The van der Waals surface area contributed by atoms with Gasteiger partial charge in [0.05, 0.1) is 0 Å². The molecule has 1 aliphatic carbocycles. The molecule has 12 heteroatoms. The van der Waals surface area contributed by atoms with Crippen molar-refractivity contribution in [2.24, 2.45) is 0 Å². The number of hydrogen-bond donors (Lipinski definition) is 2. The Bertz CT molecular complexity index is 800. The number of nitrogen functional groups attached to an aromatic ring is 1. The van der Waals surface area contributed by atoms with Crippen molar-refractivity contribution in [1.29, 1.82) is 0 Å². The average Bonchev–Trinajstić information content (AvgIpc) is 2.84. The molecule has 0 aliphatic heterocycles. The van der Waals surface area contributed by atoms with E-state index in [0.29, 0.717) is 0 Å². The van der Waals surface area contributed by atoms with Crippen molar-refractivity contribution in [2.75, 3.05) is 11.1 Å². The van der Waals surface area contributed by atoms with Crippen molar-refractivity contribution in [2.45, 2.75) is 37.6 Å². The maximum absolute atomic E-state index is 13.3. The quantitative estimate of drug-likeness (QED) is 0.792. The fourth-order valence-electron chi connectivity index (χ4n) is 2.54. The molecule has 7 nitrogen and oxygen atoms in total. The van der Waals surface area contributed by atoms with E-state index < -0.39 is 24.2 Å². The third-order valence-electron chi connectivity index (χ3n) is 3.56. The molecule has 2 aromatic rings. The lowest BCUT2D eigenvalue weighted by Crippen LogP contribution is -2.21. The number of aromatic nitrogens is 4. The van der Waals surface area contributed by atoms with Gasteiger partial charge in [0.1, 0.15) is 5.69 Å². The van der Waals surface area contributed by atoms with Crippen LogP contribution in [0, 0.1) is 0 Å². The van der Waals surface area contributed by atoms with E-state index in [1.165, 1.54) is 12.1 Å². The third-order valence-corrected chi connectivity index (χ3v) is 3.56. The fraction of sp³-hybridized carbons (Fsp3) is 0.429. The lowest BCUT2D eigenvalue weighted by atomic mass is 10.2. The second kappa shape index (κ2) is 6.50. The first-order valence-corrected chi connectivity index (χ1v) is 7.49. The summed E-state index contributed by atoms with van der Waals surface area (Å²) < 4.78 is 67.2. The Labute approximate surface area is 143 Å². The topological polar surface area (TPSA) is 98.8 Å². The maximum atomic E-state index is 13.3. The van der Waals surface area contributed by atoms with Gasteiger partial charge in [0, 0.05) is 24.9 Å². The lowest BCUT2D eigenvalue weighted by Gasteiger charge is -2.13. The first kappa shape index (κ1) is 18.0. The summed E-state index contributed by atoms with van der Waals surface area (Å²) >= 11 is 0. The molecule has 0 bridgehead atoms. The van der Waals surface area contributed by atoms with E-state index in [0.717, 1.165) is 6.07 Å². The highest BCUT2D eigenvalue weighted by Crippen LogP contribution is 2.36. The minimum atomic E-state index is -4.90. The fourth-order valence-corrected chi connectivity index (χ4v) is 2.54. The summed E-state index contributed by atoms with van der Waals surface area (Å²) in [6, 6.07) is 3.09. The molecule has 2 heterocycles. The Morgan fingerprint density at radius 2 is 1.92 bits per heavy atom. The highest BCUT2D eigenvalue weighted by atomic mass is 19.4. The van der Waals surface area contributed by atoms with Crippen molar-refractivity contribution >= 4 is 11.9 Å². The summed E-state index contributed by atoms with van der Waals surface area (Å²) in [5.74, 6) is -3.86. The van der Waals surface area contributed by atoms with E-state index >= 15 is 0 Å². The molecule has 1 fully saturated rings. The van der Waals surface area contributed by atoms with Crippen molar-refractivity contribution in [1.82, 2.24) is 19.9 Å². The first-order chi connectivity index (χ1) is 12.1. The summed E-state index contributed by atoms with van der Waals surface area (Å²) in [7, 11) is 0. The number of nitrogens with one attached hydrogen (secondary N) is 1. The lowest BCUT2D eigenvalue weighted by molar-refractivity contribution is -0.276. The van der Waals surface area contributed by atoms with Crippen LogP contribution in [-0.2, 0) is 0 Å². The summed E-state index contributed by atoms with van der Waals surface area (Å²) in [5.41, 5.74) is 5.53. The molecule has 1 unspecified atom stereocenters. The number of hydrogen-bond acceptors (Lipinski definition) is 7. The van der Waals surface area contributed by atoms with Gasteiger partial charge >= 0.3 is 6.36 Å². The van der Waals surface area contributed by atoms with Crippen LogP contribution in [-0.4, -0.2) is 38.3 Å². The molecule has 3 rings (SSSR count). The predicted molar refractivity (Wildman–Crippen MR) is 80.4 cm³/mol. The normalized spacial score (nSPS) is 19.3. The molecule has 0 radical (unpaired) electrons. The van der Waals surface area contributed by atoms with Gasteiger partial charge in [-0.3, -0.25) is 0 Å². The molecule has 1 aliphatic rings. The van der Waals surface area contributed by atoms with Gasteiger partial charge in [-0.25, -0.2) is 13.8 Å². The first-order valence-electron chi connectivity index (χ1n) is 7.49. The van der Waals surface area contributed by atoms with Crippen LogP contribution in [0.5, 0.6) is 5.88 Å². The summed E-state index contributed by atoms with van der Waals surface area (Å²) in [6.07, 6.45) is -5.30. The van der Waals surface area contributed by atoms with Gasteiger partial charge in [0.2, 0.25) is 23.7 Å². The van der Waals surface area contributed by atoms with Gasteiger partial charge in [-0.15, -0.1) is 13.2 Å². The number of nitrogens with zero attached hydrogens (tertiary/aromatic N) is 4. The predicted octanol–water partition coefficient (Wildman–Crippen LogP) is 3.01. The molecule has 0 amide bonds. The Morgan fingerprint density at radius 3 is 2.58 bits per heavy atom. The van der Waals surface area contributed by atoms with Gasteiger partial charge in [-0.05, 0) is 12.5 Å². The van der Waals surface area contributed by atoms with E-state index in [1.54, 1.807) is 0 Å². The Hall–Kier alpha value is -2.79. The van der Waals surface area contributed by atoms with E-state index in [1.807, 2.05) is 0 Å². The minimum Gasteiger partial charge on any atom is -0.388 e. The molecule has 26 heavy (non-hydrogen) atoms. The van der Waals surface area contributed by atoms with Gasteiger partial charge < -0.3 is 15.8 Å². The average molecular weight is 376 g/mol. The number of alkyl halides is 5. The SMILES string of the molecule is Nc1nc(NC2CCC(F)(F)C2)nc(-c2cccc(OC(F)(F)F)n2)n1. The van der Waals surface area contributed by atoms with Gasteiger partial charge in [0.15, 0.2) is 5.82 Å². The van der Waals surface area contributed by atoms with Crippen LogP contribution >= 0.6 is 0 Å². The number of ether oxygens (including phenoxy) is 1. The summed E-state index contributed by atoms with van der Waals surface area (Å²) in [4.78, 5) is 15.3. The van der Waals surface area contributed by atoms with E-state index in [-0.39, 0.29) is 42.7 Å². The standard InChI is InChI=1S/C14H13F5N6O/c15-13(16)5-4-7(6-13)21-12-24-10(23-11(20)25-12)8-2-1-3-9(22-8)26-14(17,18)19/h1-3,7H,4-6H2,(H3,20,21,23,24,25). The van der Waals surface area contributed by atoms with Crippen LogP contribution in [0.25, 0.3) is 11.5 Å². The zero-order chi connectivity index (χ0) is 18.9. The van der Waals surface area contributed by atoms with Crippen LogP contribution < -0.4 is 15.8 Å². The Balaban J connectivity index is 1.83. The molecular weight excluding hydrogens is 363 g/mol. The highest BCUT2D eigenvalue weighted by Gasteiger charge is 2.39. The largest absolute Gasteiger partial charge is 0.574 e. The van der Waals surface area contributed by atoms with Crippen molar-refractivity contribution < 1.29 is 26.7 Å². The van der Waals surface area contributed by atoms with Crippen molar-refractivity contribution in [3.05, 3.63) is 18.2 Å². The Kier molecular flexibility index (Phi) is 4.50. The zero-order valence-corrected chi connectivity index (χ0v) is 13.1. The maximum Gasteiger partial charge on any atom is 0.574 e. The number of rotatable bonds is 4. The van der Waals surface area contributed by atoms with Crippen LogP contribution in [0.3, 0.4) is 0 Å². The molecule has 0 spiro atoms.